The Morgan fingerprint density at radius 3 is 2.17 bits per heavy atom. The minimum atomic E-state index is -0.109. The van der Waals surface area contributed by atoms with Crippen LogP contribution in [0, 0.1) is 5.92 Å². The van der Waals surface area contributed by atoms with Crippen molar-refractivity contribution in [1.82, 2.24) is 4.90 Å². The highest BCUT2D eigenvalue weighted by molar-refractivity contribution is 4.69. The molecular weight excluding hydrogens is 150 g/mol. The molecule has 0 aromatic carbocycles. The molecule has 0 heterocycles. The van der Waals surface area contributed by atoms with Gasteiger partial charge in [0.1, 0.15) is 0 Å². The second-order valence-electron chi connectivity index (χ2n) is 3.79. The molecule has 0 saturated heterocycles. The smallest absolute Gasteiger partial charge is 0.0580 e. The number of nitrogens with zero attached hydrogens (tertiary/aromatic N) is 1. The summed E-state index contributed by atoms with van der Waals surface area (Å²) in [6.45, 7) is 5.26. The second kappa shape index (κ2) is 6.44. The van der Waals surface area contributed by atoms with Crippen molar-refractivity contribution in [2.24, 2.45) is 5.92 Å². The van der Waals surface area contributed by atoms with Crippen molar-refractivity contribution >= 4 is 0 Å². The largest absolute Gasteiger partial charge is 0.393 e. The number of aliphatic hydroxyl groups is 1. The topological polar surface area (TPSA) is 23.5 Å². The van der Waals surface area contributed by atoms with Crippen LogP contribution in [-0.4, -0.2) is 36.8 Å². The molecule has 2 heteroatoms. The van der Waals surface area contributed by atoms with E-state index in [4.69, 9.17) is 0 Å². The highest BCUT2D eigenvalue weighted by atomic mass is 16.3. The quantitative estimate of drug-likeness (QED) is 0.661. The molecule has 0 aliphatic heterocycles. The molecule has 0 spiro atoms. The lowest BCUT2D eigenvalue weighted by Gasteiger charge is -2.24. The van der Waals surface area contributed by atoms with Gasteiger partial charge in [-0.05, 0) is 32.9 Å². The third-order valence-electron chi connectivity index (χ3n) is 2.25. The molecule has 0 aromatic heterocycles. The van der Waals surface area contributed by atoms with E-state index in [1.807, 2.05) is 0 Å². The van der Waals surface area contributed by atoms with Crippen LogP contribution in [-0.2, 0) is 0 Å². The first-order valence-electron chi connectivity index (χ1n) is 4.94. The van der Waals surface area contributed by atoms with Crippen LogP contribution in [0.25, 0.3) is 0 Å². The fourth-order valence-corrected chi connectivity index (χ4v) is 1.52. The lowest BCUT2D eigenvalue weighted by molar-refractivity contribution is 0.0797. The van der Waals surface area contributed by atoms with Gasteiger partial charge in [0.25, 0.3) is 0 Å². The van der Waals surface area contributed by atoms with Crippen LogP contribution in [0.3, 0.4) is 0 Å². The predicted molar refractivity (Wildman–Crippen MR) is 53.2 cm³/mol. The molecule has 0 aromatic rings. The van der Waals surface area contributed by atoms with E-state index in [9.17, 15) is 5.11 Å². The van der Waals surface area contributed by atoms with Gasteiger partial charge in [0, 0.05) is 6.54 Å². The van der Waals surface area contributed by atoms with E-state index < -0.39 is 0 Å². The van der Waals surface area contributed by atoms with Crippen molar-refractivity contribution in [3.05, 3.63) is 0 Å². The predicted octanol–water partition coefficient (Wildman–Crippen LogP) is 1.74. The minimum absolute atomic E-state index is 0.109. The summed E-state index contributed by atoms with van der Waals surface area (Å²) in [5, 5.41) is 9.73. The summed E-state index contributed by atoms with van der Waals surface area (Å²) in [6.07, 6.45) is 2.97. The van der Waals surface area contributed by atoms with E-state index >= 15 is 0 Å². The van der Waals surface area contributed by atoms with Crippen molar-refractivity contribution in [1.29, 1.82) is 0 Å². The van der Waals surface area contributed by atoms with Crippen LogP contribution < -0.4 is 0 Å². The number of aliphatic hydroxyl groups excluding tert-OH is 1. The van der Waals surface area contributed by atoms with E-state index in [0.717, 1.165) is 25.8 Å². The fraction of sp³-hybridized carbons (Fsp3) is 1.00. The van der Waals surface area contributed by atoms with Gasteiger partial charge >= 0.3 is 0 Å². The Hall–Kier alpha value is -0.0800. The normalized spacial score (nSPS) is 16.5. The van der Waals surface area contributed by atoms with Crippen LogP contribution in [0.4, 0.5) is 0 Å². The van der Waals surface area contributed by atoms with E-state index in [0.29, 0.717) is 5.92 Å². The Bertz CT molecular complexity index is 104. The van der Waals surface area contributed by atoms with Gasteiger partial charge in [-0.15, -0.1) is 0 Å². The zero-order chi connectivity index (χ0) is 9.56. The second-order valence-corrected chi connectivity index (χ2v) is 3.79. The summed E-state index contributed by atoms with van der Waals surface area (Å²) < 4.78 is 0. The van der Waals surface area contributed by atoms with Gasteiger partial charge in [0.15, 0.2) is 0 Å². The molecule has 0 bridgehead atoms. The van der Waals surface area contributed by atoms with Gasteiger partial charge in [-0.25, -0.2) is 0 Å². The van der Waals surface area contributed by atoms with E-state index in [1.54, 1.807) is 0 Å². The maximum Gasteiger partial charge on any atom is 0.0580 e. The molecule has 0 unspecified atom stereocenters. The fourth-order valence-electron chi connectivity index (χ4n) is 1.52. The van der Waals surface area contributed by atoms with E-state index in [1.165, 1.54) is 0 Å². The van der Waals surface area contributed by atoms with Crippen molar-refractivity contribution in [2.45, 2.75) is 39.2 Å². The molecule has 0 aliphatic carbocycles. The summed E-state index contributed by atoms with van der Waals surface area (Å²) in [4.78, 5) is 2.15. The molecule has 74 valence electrons. The summed E-state index contributed by atoms with van der Waals surface area (Å²) in [7, 11) is 4.11. The molecule has 0 aliphatic rings. The van der Waals surface area contributed by atoms with Gasteiger partial charge in [-0.1, -0.05) is 20.3 Å². The highest BCUT2D eigenvalue weighted by Crippen LogP contribution is 2.13. The Morgan fingerprint density at radius 1 is 1.25 bits per heavy atom. The van der Waals surface area contributed by atoms with Crippen molar-refractivity contribution in [2.75, 3.05) is 20.6 Å². The van der Waals surface area contributed by atoms with Crippen LogP contribution in [0.1, 0.15) is 33.1 Å². The Balaban J connectivity index is 3.78. The molecule has 0 rings (SSSR count). The average molecular weight is 173 g/mol. The van der Waals surface area contributed by atoms with Crippen LogP contribution in [0.15, 0.2) is 0 Å². The standard InChI is InChI=1S/C10H23NO/c1-5-7-10(12)9(6-2)8-11(3)4/h9-10,12H,5-8H2,1-4H3/t9-,10-/m1/s1. The number of hydrogen-bond acceptors (Lipinski definition) is 2. The Labute approximate surface area is 76.6 Å². The number of rotatable bonds is 6. The average Bonchev–Trinajstić information content (AvgIpc) is 2.00. The van der Waals surface area contributed by atoms with Gasteiger partial charge in [-0.2, -0.15) is 0 Å². The van der Waals surface area contributed by atoms with E-state index in [-0.39, 0.29) is 6.10 Å². The van der Waals surface area contributed by atoms with E-state index in [2.05, 4.69) is 32.8 Å². The monoisotopic (exact) mass is 173 g/mol. The molecule has 0 fully saturated rings. The molecule has 0 radical (unpaired) electrons. The molecule has 1 N–H and O–H groups in total. The first-order valence-corrected chi connectivity index (χ1v) is 4.94. The highest BCUT2D eigenvalue weighted by Gasteiger charge is 2.16. The molecule has 12 heavy (non-hydrogen) atoms. The minimum Gasteiger partial charge on any atom is -0.393 e. The molecule has 0 amide bonds. The third-order valence-corrected chi connectivity index (χ3v) is 2.25. The van der Waals surface area contributed by atoms with Crippen LogP contribution >= 0.6 is 0 Å². The maximum absolute atomic E-state index is 9.73. The van der Waals surface area contributed by atoms with Crippen LogP contribution in [0.2, 0.25) is 0 Å². The first kappa shape index (κ1) is 11.9. The van der Waals surface area contributed by atoms with Gasteiger partial charge in [0.05, 0.1) is 6.10 Å². The Morgan fingerprint density at radius 2 is 1.83 bits per heavy atom. The van der Waals surface area contributed by atoms with Crippen molar-refractivity contribution in [3.8, 4) is 0 Å². The molecule has 2 nitrogen and oxygen atoms in total. The summed E-state index contributed by atoms with van der Waals surface area (Å²) >= 11 is 0. The Kier molecular flexibility index (Phi) is 6.39. The summed E-state index contributed by atoms with van der Waals surface area (Å²) in [6, 6.07) is 0. The van der Waals surface area contributed by atoms with Crippen molar-refractivity contribution < 1.29 is 5.11 Å². The molecular formula is C10H23NO. The summed E-state index contributed by atoms with van der Waals surface area (Å²) in [5.41, 5.74) is 0. The van der Waals surface area contributed by atoms with Crippen molar-refractivity contribution in [3.63, 3.8) is 0 Å². The molecule has 2 atom stereocenters. The SMILES string of the molecule is CCC[C@@H](O)[C@H](CC)CN(C)C. The van der Waals surface area contributed by atoms with Gasteiger partial charge in [-0.3, -0.25) is 0 Å². The first-order chi connectivity index (χ1) is 5.61. The number of hydrogen-bond donors (Lipinski definition) is 1. The van der Waals surface area contributed by atoms with Gasteiger partial charge in [0.2, 0.25) is 0 Å². The van der Waals surface area contributed by atoms with Crippen LogP contribution in [0.5, 0.6) is 0 Å². The summed E-state index contributed by atoms with van der Waals surface area (Å²) in [5.74, 6) is 0.444. The zero-order valence-corrected chi connectivity index (χ0v) is 8.88. The molecule has 0 saturated carbocycles. The zero-order valence-electron chi connectivity index (χ0n) is 8.88. The lowest BCUT2D eigenvalue weighted by Crippen LogP contribution is -2.30. The third kappa shape index (κ3) is 4.73. The van der Waals surface area contributed by atoms with Gasteiger partial charge < -0.3 is 10.0 Å². The lowest BCUT2D eigenvalue weighted by atomic mass is 9.96. The maximum atomic E-state index is 9.73.